The Hall–Kier alpha value is -0.760. The third-order valence-electron chi connectivity index (χ3n) is 2.61. The summed E-state index contributed by atoms with van der Waals surface area (Å²) in [5.74, 6) is 0.829. The summed E-state index contributed by atoms with van der Waals surface area (Å²) in [5.41, 5.74) is 1.43. The molecule has 66 valence electrons. The van der Waals surface area contributed by atoms with Gasteiger partial charge in [-0.25, -0.2) is 0 Å². The Labute approximate surface area is 73.6 Å². The molecule has 1 aromatic rings. The molecule has 1 fully saturated rings. The van der Waals surface area contributed by atoms with Crippen molar-refractivity contribution >= 4 is 0 Å². The summed E-state index contributed by atoms with van der Waals surface area (Å²) in [5, 5.41) is 3.52. The maximum atomic E-state index is 3.52. The van der Waals surface area contributed by atoms with Gasteiger partial charge in [-0.3, -0.25) is 0 Å². The number of hydrogen-bond donors (Lipinski definition) is 1. The van der Waals surface area contributed by atoms with E-state index >= 15 is 0 Å². The summed E-state index contributed by atoms with van der Waals surface area (Å²) in [6.45, 7) is 3.47. The molecular weight excluding hydrogens is 148 g/mol. The summed E-state index contributed by atoms with van der Waals surface area (Å²) in [7, 11) is 2.07. The molecule has 12 heavy (non-hydrogen) atoms. The van der Waals surface area contributed by atoms with Gasteiger partial charge in [0.05, 0.1) is 0 Å². The highest BCUT2D eigenvalue weighted by Crippen LogP contribution is 2.26. The molecule has 1 saturated heterocycles. The highest BCUT2D eigenvalue weighted by molar-refractivity contribution is 5.16. The van der Waals surface area contributed by atoms with Crippen LogP contribution < -0.4 is 5.32 Å². The van der Waals surface area contributed by atoms with Gasteiger partial charge in [0.25, 0.3) is 0 Å². The first-order valence-electron chi connectivity index (χ1n) is 4.61. The second-order valence-corrected chi connectivity index (χ2v) is 3.91. The van der Waals surface area contributed by atoms with E-state index < -0.39 is 0 Å². The van der Waals surface area contributed by atoms with Crippen LogP contribution in [-0.2, 0) is 7.05 Å². The van der Waals surface area contributed by atoms with Crippen molar-refractivity contribution in [1.82, 2.24) is 9.88 Å². The van der Waals surface area contributed by atoms with Crippen LogP contribution in [0, 0.1) is 5.92 Å². The maximum Gasteiger partial charge on any atom is 0.0338 e. The smallest absolute Gasteiger partial charge is 0.0338 e. The van der Waals surface area contributed by atoms with E-state index in [1.165, 1.54) is 18.5 Å². The summed E-state index contributed by atoms with van der Waals surface area (Å²) in [4.78, 5) is 0. The Balaban J connectivity index is 2.11. The largest absolute Gasteiger partial charge is 0.357 e. The minimum atomic E-state index is 0.598. The molecular formula is C10H16N2. The maximum absolute atomic E-state index is 3.52. The van der Waals surface area contributed by atoms with Crippen molar-refractivity contribution in [3.63, 3.8) is 0 Å². The van der Waals surface area contributed by atoms with Gasteiger partial charge in [-0.15, -0.1) is 0 Å². The molecule has 0 amide bonds. The van der Waals surface area contributed by atoms with E-state index in [9.17, 15) is 0 Å². The second kappa shape index (κ2) is 2.94. The fraction of sp³-hybridized carbons (Fsp3) is 0.600. The van der Waals surface area contributed by atoms with Gasteiger partial charge in [-0.05, 0) is 30.5 Å². The fourth-order valence-corrected chi connectivity index (χ4v) is 1.90. The lowest BCUT2D eigenvalue weighted by Gasteiger charge is -2.06. The minimum Gasteiger partial charge on any atom is -0.357 e. The molecule has 1 aliphatic rings. The predicted molar refractivity (Wildman–Crippen MR) is 49.9 cm³/mol. The molecule has 0 spiro atoms. The van der Waals surface area contributed by atoms with Crippen LogP contribution >= 0.6 is 0 Å². The number of aryl methyl sites for hydroxylation is 1. The molecule has 2 nitrogen and oxygen atoms in total. The normalized spacial score (nSPS) is 29.5. The Morgan fingerprint density at radius 2 is 2.42 bits per heavy atom. The second-order valence-electron chi connectivity index (χ2n) is 3.91. The number of nitrogens with one attached hydrogen (secondary N) is 1. The van der Waals surface area contributed by atoms with Crippen LogP contribution in [0.1, 0.15) is 24.9 Å². The molecule has 2 unspecified atom stereocenters. The van der Waals surface area contributed by atoms with Crippen LogP contribution in [0.15, 0.2) is 18.5 Å². The van der Waals surface area contributed by atoms with Crippen molar-refractivity contribution < 1.29 is 0 Å². The summed E-state index contributed by atoms with van der Waals surface area (Å²) >= 11 is 0. The Morgan fingerprint density at radius 3 is 2.92 bits per heavy atom. The van der Waals surface area contributed by atoms with E-state index in [-0.39, 0.29) is 0 Å². The number of rotatable bonds is 1. The molecule has 2 heterocycles. The van der Waals surface area contributed by atoms with Crippen molar-refractivity contribution in [2.45, 2.75) is 19.4 Å². The van der Waals surface area contributed by atoms with Gasteiger partial charge in [0.1, 0.15) is 0 Å². The lowest BCUT2D eigenvalue weighted by molar-refractivity contribution is 0.611. The van der Waals surface area contributed by atoms with Crippen LogP contribution in [0.4, 0.5) is 0 Å². The van der Waals surface area contributed by atoms with Crippen LogP contribution in [0.2, 0.25) is 0 Å². The number of nitrogens with zero attached hydrogens (tertiary/aromatic N) is 1. The van der Waals surface area contributed by atoms with Crippen LogP contribution in [0.5, 0.6) is 0 Å². The summed E-state index contributed by atoms with van der Waals surface area (Å²) < 4.78 is 2.11. The highest BCUT2D eigenvalue weighted by atomic mass is 15.0. The standard InChI is InChI=1S/C10H16N2/c1-8-5-10(11-6-8)9-3-4-12(2)7-9/h3-4,7-8,10-11H,5-6H2,1-2H3. The molecule has 1 aliphatic heterocycles. The first-order chi connectivity index (χ1) is 5.75. The summed E-state index contributed by atoms with van der Waals surface area (Å²) in [6.07, 6.45) is 5.60. The number of aromatic nitrogens is 1. The van der Waals surface area contributed by atoms with E-state index in [1.807, 2.05) is 0 Å². The van der Waals surface area contributed by atoms with E-state index in [0.717, 1.165) is 5.92 Å². The van der Waals surface area contributed by atoms with E-state index in [4.69, 9.17) is 0 Å². The molecule has 0 aliphatic carbocycles. The van der Waals surface area contributed by atoms with Gasteiger partial charge in [0, 0.05) is 25.5 Å². The average molecular weight is 164 g/mol. The molecule has 2 rings (SSSR count). The van der Waals surface area contributed by atoms with E-state index in [0.29, 0.717) is 6.04 Å². The highest BCUT2D eigenvalue weighted by Gasteiger charge is 2.21. The topological polar surface area (TPSA) is 17.0 Å². The van der Waals surface area contributed by atoms with Crippen molar-refractivity contribution in [2.75, 3.05) is 6.54 Å². The lowest BCUT2D eigenvalue weighted by Crippen LogP contribution is -2.12. The van der Waals surface area contributed by atoms with Crippen molar-refractivity contribution in [3.05, 3.63) is 24.0 Å². The van der Waals surface area contributed by atoms with Crippen LogP contribution in [-0.4, -0.2) is 11.1 Å². The Kier molecular flexibility index (Phi) is 1.93. The zero-order valence-corrected chi connectivity index (χ0v) is 7.75. The van der Waals surface area contributed by atoms with Gasteiger partial charge >= 0.3 is 0 Å². The number of hydrogen-bond acceptors (Lipinski definition) is 1. The molecule has 2 heteroatoms. The molecule has 1 aromatic heterocycles. The van der Waals surface area contributed by atoms with E-state index in [1.54, 1.807) is 0 Å². The zero-order chi connectivity index (χ0) is 8.55. The van der Waals surface area contributed by atoms with Crippen LogP contribution in [0.25, 0.3) is 0 Å². The van der Waals surface area contributed by atoms with Crippen molar-refractivity contribution in [3.8, 4) is 0 Å². The van der Waals surface area contributed by atoms with Gasteiger partial charge in [-0.2, -0.15) is 0 Å². The van der Waals surface area contributed by atoms with Gasteiger partial charge in [0.2, 0.25) is 0 Å². The lowest BCUT2D eigenvalue weighted by atomic mass is 10.0. The summed E-state index contributed by atoms with van der Waals surface area (Å²) in [6, 6.07) is 2.80. The molecule has 0 bridgehead atoms. The molecule has 0 saturated carbocycles. The third-order valence-corrected chi connectivity index (χ3v) is 2.61. The third kappa shape index (κ3) is 1.39. The zero-order valence-electron chi connectivity index (χ0n) is 7.75. The van der Waals surface area contributed by atoms with Gasteiger partial charge in [0.15, 0.2) is 0 Å². The quantitative estimate of drug-likeness (QED) is 0.668. The van der Waals surface area contributed by atoms with Crippen molar-refractivity contribution in [1.29, 1.82) is 0 Å². The Morgan fingerprint density at radius 1 is 1.58 bits per heavy atom. The fourth-order valence-electron chi connectivity index (χ4n) is 1.90. The molecule has 2 atom stereocenters. The minimum absolute atomic E-state index is 0.598. The molecule has 0 radical (unpaired) electrons. The first-order valence-corrected chi connectivity index (χ1v) is 4.61. The van der Waals surface area contributed by atoms with Gasteiger partial charge in [-0.1, -0.05) is 6.92 Å². The van der Waals surface area contributed by atoms with Crippen LogP contribution in [0.3, 0.4) is 0 Å². The Bertz CT molecular complexity index is 265. The first kappa shape index (κ1) is 7.87. The monoisotopic (exact) mass is 164 g/mol. The molecule has 1 N–H and O–H groups in total. The SMILES string of the molecule is CC1CNC(c2ccn(C)c2)C1. The molecule has 0 aromatic carbocycles. The van der Waals surface area contributed by atoms with Crippen molar-refractivity contribution in [2.24, 2.45) is 13.0 Å². The van der Waals surface area contributed by atoms with E-state index in [2.05, 4.69) is 42.3 Å². The average Bonchev–Trinajstić information content (AvgIpc) is 2.58. The predicted octanol–water partition coefficient (Wildman–Crippen LogP) is 1.70. The van der Waals surface area contributed by atoms with Gasteiger partial charge < -0.3 is 9.88 Å².